The van der Waals surface area contributed by atoms with Crippen LogP contribution in [0.5, 0.6) is 0 Å². The molecule has 1 atom stereocenters. The molecular formula is C29H23Br. The smallest absolute Gasteiger partial charge is 0.0181 e. The third-order valence-corrected chi connectivity index (χ3v) is 7.63. The Morgan fingerprint density at radius 1 is 0.800 bits per heavy atom. The molecule has 0 amide bonds. The first-order valence-corrected chi connectivity index (χ1v) is 11.5. The second kappa shape index (κ2) is 6.68. The molecule has 30 heavy (non-hydrogen) atoms. The molecule has 146 valence electrons. The summed E-state index contributed by atoms with van der Waals surface area (Å²) < 4.78 is 1.15. The molecule has 6 rings (SSSR count). The topological polar surface area (TPSA) is 0 Å². The number of halogens is 1. The quantitative estimate of drug-likeness (QED) is 0.367. The minimum absolute atomic E-state index is 0.426. The van der Waals surface area contributed by atoms with Gasteiger partial charge in [0.25, 0.3) is 0 Å². The molecule has 1 heteroatoms. The third-order valence-electron chi connectivity index (χ3n) is 7.14. The molecule has 0 bridgehead atoms. The number of hydrogen-bond donors (Lipinski definition) is 0. The van der Waals surface area contributed by atoms with Gasteiger partial charge in [0.1, 0.15) is 0 Å². The fraction of sp³-hybridized carbons (Fsp3) is 0.172. The summed E-state index contributed by atoms with van der Waals surface area (Å²) in [5.74, 6) is 0.860. The summed E-state index contributed by atoms with van der Waals surface area (Å²) in [6.45, 7) is 4.64. The van der Waals surface area contributed by atoms with Crippen molar-refractivity contribution in [1.82, 2.24) is 0 Å². The van der Waals surface area contributed by atoms with Crippen LogP contribution >= 0.6 is 15.9 Å². The molecule has 0 nitrogen and oxygen atoms in total. The van der Waals surface area contributed by atoms with Crippen molar-refractivity contribution in [3.05, 3.63) is 122 Å². The van der Waals surface area contributed by atoms with Gasteiger partial charge in [0.15, 0.2) is 0 Å². The van der Waals surface area contributed by atoms with E-state index in [2.05, 4.69) is 109 Å². The van der Waals surface area contributed by atoms with Crippen molar-refractivity contribution in [2.45, 2.75) is 32.1 Å². The highest BCUT2D eigenvalue weighted by atomic mass is 79.9. The van der Waals surface area contributed by atoms with Crippen molar-refractivity contribution in [2.24, 2.45) is 0 Å². The van der Waals surface area contributed by atoms with E-state index >= 15 is 0 Å². The predicted octanol–water partition coefficient (Wildman–Crippen LogP) is 8.41. The lowest BCUT2D eigenvalue weighted by Crippen LogP contribution is -2.09. The fourth-order valence-electron chi connectivity index (χ4n) is 5.66. The highest BCUT2D eigenvalue weighted by molar-refractivity contribution is 9.10. The van der Waals surface area contributed by atoms with Crippen molar-refractivity contribution >= 4 is 22.0 Å². The minimum Gasteiger partial charge on any atom is -0.0619 e. The maximum absolute atomic E-state index is 3.66. The van der Waals surface area contributed by atoms with Gasteiger partial charge < -0.3 is 0 Å². The standard InChI is InChI=1S/C29H23Br/c1-17-13-27-18(2)21-12-11-20(30)14-19(21)15-28(27)26(17)16-29-24-9-5-3-7-22(24)23-8-4-6-10-25(23)29/h3-15,18,29H,16H2,1-2H3. The summed E-state index contributed by atoms with van der Waals surface area (Å²) in [6.07, 6.45) is 5.91. The van der Waals surface area contributed by atoms with Crippen LogP contribution in [0, 0.1) is 0 Å². The van der Waals surface area contributed by atoms with Gasteiger partial charge in [-0.1, -0.05) is 83.5 Å². The van der Waals surface area contributed by atoms with Crippen LogP contribution in [0.2, 0.25) is 0 Å². The highest BCUT2D eigenvalue weighted by Crippen LogP contribution is 2.52. The maximum Gasteiger partial charge on any atom is 0.0181 e. The van der Waals surface area contributed by atoms with E-state index in [9.17, 15) is 0 Å². The average molecular weight is 451 g/mol. The van der Waals surface area contributed by atoms with Gasteiger partial charge in [0.05, 0.1) is 0 Å². The summed E-state index contributed by atoms with van der Waals surface area (Å²) in [5.41, 5.74) is 14.4. The van der Waals surface area contributed by atoms with E-state index in [-0.39, 0.29) is 0 Å². The molecule has 3 aromatic carbocycles. The van der Waals surface area contributed by atoms with Crippen molar-refractivity contribution in [3.63, 3.8) is 0 Å². The lowest BCUT2D eigenvalue weighted by atomic mass is 9.78. The molecule has 0 heterocycles. The number of fused-ring (bicyclic) bond motifs is 5. The molecule has 0 spiro atoms. The van der Waals surface area contributed by atoms with Crippen LogP contribution in [0.3, 0.4) is 0 Å². The molecule has 0 radical (unpaired) electrons. The Morgan fingerprint density at radius 3 is 2.17 bits per heavy atom. The zero-order valence-electron chi connectivity index (χ0n) is 17.2. The summed E-state index contributed by atoms with van der Waals surface area (Å²) in [7, 11) is 0. The number of benzene rings is 3. The highest BCUT2D eigenvalue weighted by Gasteiger charge is 2.34. The number of hydrogen-bond acceptors (Lipinski definition) is 0. The molecule has 0 saturated heterocycles. The number of rotatable bonds is 2. The number of allylic oxidation sites excluding steroid dienone is 5. The second-order valence-electron chi connectivity index (χ2n) is 8.75. The summed E-state index contributed by atoms with van der Waals surface area (Å²) in [6, 6.07) is 24.6. The van der Waals surface area contributed by atoms with Crippen LogP contribution < -0.4 is 0 Å². The van der Waals surface area contributed by atoms with Crippen LogP contribution in [-0.4, -0.2) is 0 Å². The fourth-order valence-corrected chi connectivity index (χ4v) is 6.04. The van der Waals surface area contributed by atoms with Gasteiger partial charge in [0.2, 0.25) is 0 Å². The zero-order valence-corrected chi connectivity index (χ0v) is 18.8. The Morgan fingerprint density at radius 2 is 1.47 bits per heavy atom. The van der Waals surface area contributed by atoms with E-state index in [1.807, 2.05) is 0 Å². The summed E-state index contributed by atoms with van der Waals surface area (Å²) in [5, 5.41) is 0. The Kier molecular flexibility index (Phi) is 4.05. The van der Waals surface area contributed by atoms with Crippen LogP contribution in [0.4, 0.5) is 0 Å². The lowest BCUT2D eigenvalue weighted by molar-refractivity contribution is 0.813. The maximum atomic E-state index is 3.66. The van der Waals surface area contributed by atoms with Gasteiger partial charge in [-0.15, -0.1) is 0 Å². The first-order valence-electron chi connectivity index (χ1n) is 10.7. The Hall–Kier alpha value is -2.64. The van der Waals surface area contributed by atoms with Gasteiger partial charge in [0, 0.05) is 16.3 Å². The summed E-state index contributed by atoms with van der Waals surface area (Å²) in [4.78, 5) is 0. The minimum atomic E-state index is 0.426. The van der Waals surface area contributed by atoms with Crippen LogP contribution in [0.1, 0.15) is 54.4 Å². The van der Waals surface area contributed by atoms with Crippen molar-refractivity contribution < 1.29 is 0 Å². The Bertz CT molecular complexity index is 1260. The van der Waals surface area contributed by atoms with Crippen molar-refractivity contribution in [2.75, 3.05) is 0 Å². The van der Waals surface area contributed by atoms with Gasteiger partial charge in [-0.05, 0) is 87.2 Å². The largest absolute Gasteiger partial charge is 0.0619 e. The normalized spacial score (nSPS) is 19.1. The van der Waals surface area contributed by atoms with Crippen LogP contribution in [0.15, 0.2) is 99.6 Å². The van der Waals surface area contributed by atoms with Crippen LogP contribution in [-0.2, 0) is 0 Å². The van der Waals surface area contributed by atoms with Gasteiger partial charge >= 0.3 is 0 Å². The Labute approximate surface area is 186 Å². The van der Waals surface area contributed by atoms with Gasteiger partial charge in [-0.3, -0.25) is 0 Å². The molecule has 0 N–H and O–H groups in total. The van der Waals surface area contributed by atoms with E-state index in [1.54, 1.807) is 0 Å². The molecular weight excluding hydrogens is 428 g/mol. The van der Waals surface area contributed by atoms with E-state index in [0.717, 1.165) is 10.9 Å². The van der Waals surface area contributed by atoms with E-state index < -0.39 is 0 Å². The van der Waals surface area contributed by atoms with E-state index in [0.29, 0.717) is 11.8 Å². The third kappa shape index (κ3) is 2.58. The average Bonchev–Trinajstić information content (AvgIpc) is 3.24. The monoisotopic (exact) mass is 450 g/mol. The first kappa shape index (κ1) is 18.2. The molecule has 3 aliphatic carbocycles. The SMILES string of the molecule is CC1=C(CC2c3ccccc3-c3ccccc32)C2=Cc3cc(Br)ccc3C(C)C2=C1. The summed E-state index contributed by atoms with van der Waals surface area (Å²) >= 11 is 3.66. The molecule has 0 saturated carbocycles. The van der Waals surface area contributed by atoms with E-state index in [1.165, 1.54) is 55.7 Å². The predicted molar refractivity (Wildman–Crippen MR) is 130 cm³/mol. The molecule has 0 fully saturated rings. The van der Waals surface area contributed by atoms with Gasteiger partial charge in [-0.25, -0.2) is 0 Å². The molecule has 1 unspecified atom stereocenters. The molecule has 0 aliphatic heterocycles. The molecule has 3 aromatic rings. The zero-order chi connectivity index (χ0) is 20.4. The van der Waals surface area contributed by atoms with Crippen molar-refractivity contribution in [1.29, 1.82) is 0 Å². The van der Waals surface area contributed by atoms with Crippen LogP contribution in [0.25, 0.3) is 17.2 Å². The van der Waals surface area contributed by atoms with E-state index in [4.69, 9.17) is 0 Å². The Balaban J connectivity index is 1.45. The van der Waals surface area contributed by atoms with Crippen molar-refractivity contribution in [3.8, 4) is 11.1 Å². The van der Waals surface area contributed by atoms with Gasteiger partial charge in [-0.2, -0.15) is 0 Å². The first-order chi connectivity index (χ1) is 14.6. The second-order valence-corrected chi connectivity index (χ2v) is 9.66. The molecule has 3 aliphatic rings. The lowest BCUT2D eigenvalue weighted by Gasteiger charge is -2.26. The molecule has 0 aromatic heterocycles.